The second kappa shape index (κ2) is 10.4. The number of likely N-dealkylation sites (N-methyl/N-ethyl adjacent to an activating group) is 1. The average Bonchev–Trinajstić information content (AvgIpc) is 3.47. The number of imidazole rings is 1. The first kappa shape index (κ1) is 24.3. The Bertz CT molecular complexity index is 1360. The lowest BCUT2D eigenvalue weighted by molar-refractivity contribution is 0.0893. The third-order valence-corrected chi connectivity index (χ3v) is 8.08. The SMILES string of the molecule is COCCn1c(C)nc2ccc(-c3ccn4nc(N[C@H]5CC[C@H](N6CCN(C)CC6)CC5)ncc34)nc21. The minimum atomic E-state index is 0.427. The number of nitrogens with zero attached hydrogens (tertiary/aromatic N) is 8. The lowest BCUT2D eigenvalue weighted by atomic mass is 9.90. The van der Waals surface area contributed by atoms with Gasteiger partial charge in [-0.2, -0.15) is 0 Å². The molecular weight excluding hydrogens is 466 g/mol. The molecule has 0 aromatic carbocycles. The summed E-state index contributed by atoms with van der Waals surface area (Å²) in [5, 5.41) is 8.37. The smallest absolute Gasteiger partial charge is 0.241 e. The standard InChI is InChI=1S/C27H37N9O/c1-19-29-24-9-8-23(31-26(24)35(19)16-17-37-3)22-10-11-36-25(22)18-28-27(32-36)30-20-4-6-21(7-5-20)34-14-12-33(2)13-15-34/h8-11,18,20-21H,4-7,12-17H2,1-3H3,(H,30,32)/t20-,21-. The van der Waals surface area contributed by atoms with Gasteiger partial charge in [0.05, 0.1) is 24.0 Å². The third-order valence-electron chi connectivity index (χ3n) is 8.08. The van der Waals surface area contributed by atoms with Gasteiger partial charge in [-0.15, -0.1) is 5.10 Å². The predicted octanol–water partition coefficient (Wildman–Crippen LogP) is 3.07. The van der Waals surface area contributed by atoms with Gasteiger partial charge in [-0.3, -0.25) is 4.90 Å². The van der Waals surface area contributed by atoms with E-state index in [9.17, 15) is 0 Å². The molecule has 10 heteroatoms. The summed E-state index contributed by atoms with van der Waals surface area (Å²) in [7, 11) is 3.93. The number of aryl methyl sites for hydroxylation is 1. The van der Waals surface area contributed by atoms with Crippen LogP contribution in [0.25, 0.3) is 27.9 Å². The normalized spacial score (nSPS) is 21.7. The molecule has 0 bridgehead atoms. The Labute approximate surface area is 217 Å². The number of anilines is 1. The lowest BCUT2D eigenvalue weighted by Crippen LogP contribution is -2.50. The van der Waals surface area contributed by atoms with Gasteiger partial charge in [0.1, 0.15) is 11.3 Å². The Kier molecular flexibility index (Phi) is 6.79. The molecule has 37 heavy (non-hydrogen) atoms. The second-order valence-corrected chi connectivity index (χ2v) is 10.5. The van der Waals surface area contributed by atoms with E-state index in [-0.39, 0.29) is 0 Å². The number of aromatic nitrogens is 6. The molecule has 0 radical (unpaired) electrons. The van der Waals surface area contributed by atoms with Crippen molar-refractivity contribution < 1.29 is 4.74 Å². The molecular formula is C27H37N9O. The van der Waals surface area contributed by atoms with Gasteiger partial charge in [-0.05, 0) is 57.9 Å². The number of nitrogens with one attached hydrogen (secondary N) is 1. The average molecular weight is 504 g/mol. The molecule has 0 amide bonds. The summed E-state index contributed by atoms with van der Waals surface area (Å²) in [6.45, 7) is 8.12. The zero-order valence-corrected chi connectivity index (χ0v) is 22.1. The van der Waals surface area contributed by atoms with Gasteiger partial charge in [0.15, 0.2) is 5.65 Å². The quantitative estimate of drug-likeness (QED) is 0.412. The van der Waals surface area contributed by atoms with Gasteiger partial charge >= 0.3 is 0 Å². The van der Waals surface area contributed by atoms with Crippen molar-refractivity contribution in [2.24, 2.45) is 0 Å². The molecule has 10 nitrogen and oxygen atoms in total. The molecule has 1 aliphatic carbocycles. The summed E-state index contributed by atoms with van der Waals surface area (Å²) < 4.78 is 9.29. The highest BCUT2D eigenvalue weighted by atomic mass is 16.5. The van der Waals surface area contributed by atoms with Crippen LogP contribution in [0, 0.1) is 6.92 Å². The van der Waals surface area contributed by atoms with E-state index >= 15 is 0 Å². The summed E-state index contributed by atoms with van der Waals surface area (Å²) in [5.41, 5.74) is 4.61. The van der Waals surface area contributed by atoms with Gasteiger partial charge < -0.3 is 19.5 Å². The number of ether oxygens (including phenoxy) is 1. The van der Waals surface area contributed by atoms with Crippen LogP contribution in [0.4, 0.5) is 5.95 Å². The highest BCUT2D eigenvalue weighted by Gasteiger charge is 2.28. The number of methoxy groups -OCH3 is 1. The van der Waals surface area contributed by atoms with E-state index in [0.29, 0.717) is 18.6 Å². The van der Waals surface area contributed by atoms with E-state index in [2.05, 4.69) is 42.8 Å². The number of hydrogen-bond acceptors (Lipinski definition) is 8. The maximum Gasteiger partial charge on any atom is 0.241 e. The Hall–Kier alpha value is -3.08. The zero-order chi connectivity index (χ0) is 25.4. The molecule has 1 saturated carbocycles. The molecule has 4 aromatic rings. The topological polar surface area (TPSA) is 88.6 Å². The van der Waals surface area contributed by atoms with Crippen molar-refractivity contribution >= 4 is 22.6 Å². The molecule has 1 saturated heterocycles. The Balaban J connectivity index is 1.15. The fourth-order valence-electron chi connectivity index (χ4n) is 5.85. The van der Waals surface area contributed by atoms with Crippen LogP contribution in [0.2, 0.25) is 0 Å². The third kappa shape index (κ3) is 4.93. The van der Waals surface area contributed by atoms with Crippen molar-refractivity contribution in [1.82, 2.24) is 38.9 Å². The summed E-state index contributed by atoms with van der Waals surface area (Å²) in [5.74, 6) is 1.63. The Morgan fingerprint density at radius 3 is 2.62 bits per heavy atom. The van der Waals surface area contributed by atoms with Gasteiger partial charge in [-0.1, -0.05) is 0 Å². The van der Waals surface area contributed by atoms with E-state index in [1.165, 1.54) is 39.0 Å². The first-order valence-electron chi connectivity index (χ1n) is 13.5. The molecule has 2 fully saturated rings. The maximum atomic E-state index is 5.28. The van der Waals surface area contributed by atoms with E-state index in [1.807, 2.05) is 36.0 Å². The van der Waals surface area contributed by atoms with E-state index in [4.69, 9.17) is 14.8 Å². The molecule has 0 spiro atoms. The second-order valence-electron chi connectivity index (χ2n) is 10.5. The van der Waals surface area contributed by atoms with Crippen LogP contribution in [0.3, 0.4) is 0 Å². The van der Waals surface area contributed by atoms with Gasteiger partial charge in [0.2, 0.25) is 5.95 Å². The number of hydrogen-bond donors (Lipinski definition) is 1. The number of pyridine rings is 1. The van der Waals surface area contributed by atoms with Crippen LogP contribution in [0.5, 0.6) is 0 Å². The summed E-state index contributed by atoms with van der Waals surface area (Å²) in [6.07, 6.45) is 8.70. The highest BCUT2D eigenvalue weighted by Crippen LogP contribution is 2.28. The minimum Gasteiger partial charge on any atom is -0.383 e. The molecule has 0 atom stereocenters. The van der Waals surface area contributed by atoms with E-state index in [0.717, 1.165) is 59.2 Å². The van der Waals surface area contributed by atoms with Crippen LogP contribution < -0.4 is 5.32 Å². The number of fused-ring (bicyclic) bond motifs is 2. The van der Waals surface area contributed by atoms with E-state index < -0.39 is 0 Å². The molecule has 0 unspecified atom stereocenters. The molecule has 6 rings (SSSR count). The van der Waals surface area contributed by atoms with Crippen LogP contribution in [-0.4, -0.2) is 98.0 Å². The fourth-order valence-corrected chi connectivity index (χ4v) is 5.85. The van der Waals surface area contributed by atoms with Crippen LogP contribution in [0.15, 0.2) is 30.6 Å². The predicted molar refractivity (Wildman–Crippen MR) is 145 cm³/mol. The molecule has 4 aromatic heterocycles. The highest BCUT2D eigenvalue weighted by molar-refractivity contribution is 5.82. The van der Waals surface area contributed by atoms with E-state index in [1.54, 1.807) is 7.11 Å². The largest absolute Gasteiger partial charge is 0.383 e. The van der Waals surface area contributed by atoms with Crippen LogP contribution in [0.1, 0.15) is 31.5 Å². The van der Waals surface area contributed by atoms with Crippen LogP contribution in [-0.2, 0) is 11.3 Å². The first-order chi connectivity index (χ1) is 18.1. The van der Waals surface area contributed by atoms with Crippen LogP contribution >= 0.6 is 0 Å². The number of piperazine rings is 1. The zero-order valence-electron chi connectivity index (χ0n) is 22.1. The molecule has 2 aliphatic rings. The summed E-state index contributed by atoms with van der Waals surface area (Å²) >= 11 is 0. The minimum absolute atomic E-state index is 0.427. The van der Waals surface area contributed by atoms with Gasteiger partial charge in [-0.25, -0.2) is 19.5 Å². The Morgan fingerprint density at radius 1 is 1.03 bits per heavy atom. The summed E-state index contributed by atoms with van der Waals surface area (Å²) in [6, 6.07) is 7.27. The first-order valence-corrected chi connectivity index (χ1v) is 13.5. The van der Waals surface area contributed by atoms with Crippen molar-refractivity contribution in [3.05, 3.63) is 36.4 Å². The Morgan fingerprint density at radius 2 is 1.84 bits per heavy atom. The fraction of sp³-hybridized carbons (Fsp3) is 0.556. The molecule has 196 valence electrons. The monoisotopic (exact) mass is 503 g/mol. The molecule has 1 aliphatic heterocycles. The lowest BCUT2D eigenvalue weighted by Gasteiger charge is -2.41. The van der Waals surface area contributed by atoms with Gasteiger partial charge in [0, 0.05) is 63.7 Å². The maximum absolute atomic E-state index is 5.28. The van der Waals surface area contributed by atoms with Crippen molar-refractivity contribution in [2.75, 3.05) is 52.3 Å². The van der Waals surface area contributed by atoms with Crippen molar-refractivity contribution in [2.45, 2.75) is 51.2 Å². The van der Waals surface area contributed by atoms with Crippen molar-refractivity contribution in [3.63, 3.8) is 0 Å². The number of rotatable bonds is 7. The van der Waals surface area contributed by atoms with Crippen molar-refractivity contribution in [3.8, 4) is 11.3 Å². The van der Waals surface area contributed by atoms with Crippen molar-refractivity contribution in [1.29, 1.82) is 0 Å². The molecule has 5 heterocycles. The molecule has 1 N–H and O–H groups in total. The summed E-state index contributed by atoms with van der Waals surface area (Å²) in [4.78, 5) is 19.4. The van der Waals surface area contributed by atoms with Gasteiger partial charge in [0.25, 0.3) is 0 Å².